The van der Waals surface area contributed by atoms with Crippen LogP contribution >= 0.6 is 0 Å². The van der Waals surface area contributed by atoms with E-state index in [1.165, 1.54) is 23.8 Å². The molecule has 0 aliphatic rings. The summed E-state index contributed by atoms with van der Waals surface area (Å²) >= 11 is 0. The molecule has 0 aliphatic heterocycles. The summed E-state index contributed by atoms with van der Waals surface area (Å²) in [6.45, 7) is 6.13. The molecule has 0 unspecified atom stereocenters. The Labute approximate surface area is 168 Å². The van der Waals surface area contributed by atoms with E-state index in [0.29, 0.717) is 6.54 Å². The van der Waals surface area contributed by atoms with Gasteiger partial charge >= 0.3 is 5.97 Å². The molecular formula is C23H22F2N2O2. The van der Waals surface area contributed by atoms with Gasteiger partial charge in [-0.1, -0.05) is 42.0 Å². The van der Waals surface area contributed by atoms with E-state index >= 15 is 0 Å². The zero-order valence-corrected chi connectivity index (χ0v) is 16.6. The first kappa shape index (κ1) is 20.5. The van der Waals surface area contributed by atoms with Crippen LogP contribution in [0.15, 0.2) is 48.5 Å². The predicted molar refractivity (Wildman–Crippen MR) is 107 cm³/mol. The number of carbonyl (C=O) groups excluding carboxylic acids is 1. The number of nitrogens with zero attached hydrogens (tertiary/aromatic N) is 2. The van der Waals surface area contributed by atoms with E-state index < -0.39 is 17.6 Å². The number of carbonyl (C=O) groups is 1. The Kier molecular flexibility index (Phi) is 6.22. The average molecular weight is 396 g/mol. The molecule has 3 rings (SSSR count). The van der Waals surface area contributed by atoms with Gasteiger partial charge in [-0.15, -0.1) is 0 Å². The van der Waals surface area contributed by atoms with E-state index in [-0.39, 0.29) is 12.2 Å². The smallest absolute Gasteiger partial charge is 0.331 e. The predicted octanol–water partition coefficient (Wildman–Crippen LogP) is 4.89. The van der Waals surface area contributed by atoms with Gasteiger partial charge in [0.15, 0.2) is 11.6 Å². The minimum Gasteiger partial charge on any atom is -0.458 e. The largest absolute Gasteiger partial charge is 0.458 e. The summed E-state index contributed by atoms with van der Waals surface area (Å²) in [5.74, 6) is -2.62. The van der Waals surface area contributed by atoms with Crippen LogP contribution in [0.2, 0.25) is 0 Å². The maximum Gasteiger partial charge on any atom is 0.331 e. The number of aryl methyl sites for hydroxylation is 2. The number of hydrogen-bond donors (Lipinski definition) is 0. The van der Waals surface area contributed by atoms with Crippen molar-refractivity contribution in [2.24, 2.45) is 0 Å². The number of benzene rings is 2. The molecule has 0 saturated heterocycles. The van der Waals surface area contributed by atoms with Crippen molar-refractivity contribution in [3.05, 3.63) is 93.8 Å². The Bertz CT molecular complexity index is 1050. The van der Waals surface area contributed by atoms with Gasteiger partial charge in [-0.05, 0) is 38.5 Å². The van der Waals surface area contributed by atoms with Crippen LogP contribution in [-0.2, 0) is 22.7 Å². The van der Waals surface area contributed by atoms with Crippen LogP contribution < -0.4 is 0 Å². The standard InChI is InChI=1S/C23H22F2N2O2/c1-15-7-9-18(10-8-15)13-27-17(3)20(16(2)26-27)11-12-22(28)29-14-19-5-4-6-21(24)23(19)25/h4-12H,13-14H2,1-3H3/b12-11+. The van der Waals surface area contributed by atoms with Gasteiger partial charge < -0.3 is 4.74 Å². The summed E-state index contributed by atoms with van der Waals surface area (Å²) in [5, 5.41) is 4.54. The van der Waals surface area contributed by atoms with Gasteiger partial charge in [0, 0.05) is 22.9 Å². The maximum absolute atomic E-state index is 13.6. The number of rotatable bonds is 6. The van der Waals surface area contributed by atoms with Crippen molar-refractivity contribution < 1.29 is 18.3 Å². The van der Waals surface area contributed by atoms with Crippen molar-refractivity contribution >= 4 is 12.0 Å². The number of esters is 1. The zero-order valence-electron chi connectivity index (χ0n) is 16.6. The Morgan fingerprint density at radius 2 is 1.83 bits per heavy atom. The fraction of sp³-hybridized carbons (Fsp3) is 0.217. The second kappa shape index (κ2) is 8.82. The van der Waals surface area contributed by atoms with Gasteiger partial charge in [-0.25, -0.2) is 13.6 Å². The lowest BCUT2D eigenvalue weighted by Crippen LogP contribution is -2.04. The van der Waals surface area contributed by atoms with Crippen molar-refractivity contribution in [3.63, 3.8) is 0 Å². The van der Waals surface area contributed by atoms with E-state index in [2.05, 4.69) is 29.4 Å². The molecule has 0 fully saturated rings. The monoisotopic (exact) mass is 396 g/mol. The lowest BCUT2D eigenvalue weighted by molar-refractivity contribution is -0.139. The molecule has 0 aliphatic carbocycles. The van der Waals surface area contributed by atoms with Crippen molar-refractivity contribution in [2.75, 3.05) is 0 Å². The van der Waals surface area contributed by atoms with Gasteiger partial charge in [0.1, 0.15) is 6.61 Å². The van der Waals surface area contributed by atoms with E-state index in [0.717, 1.165) is 28.6 Å². The highest BCUT2D eigenvalue weighted by molar-refractivity contribution is 5.87. The highest BCUT2D eigenvalue weighted by atomic mass is 19.2. The number of hydrogen-bond acceptors (Lipinski definition) is 3. The molecule has 3 aromatic rings. The molecule has 0 radical (unpaired) electrons. The molecule has 4 nitrogen and oxygen atoms in total. The molecule has 6 heteroatoms. The van der Waals surface area contributed by atoms with Crippen LogP contribution in [0, 0.1) is 32.4 Å². The topological polar surface area (TPSA) is 44.1 Å². The van der Waals surface area contributed by atoms with E-state index in [9.17, 15) is 13.6 Å². The van der Waals surface area contributed by atoms with Crippen LogP contribution in [0.4, 0.5) is 8.78 Å². The lowest BCUT2D eigenvalue weighted by atomic mass is 10.1. The molecule has 1 heterocycles. The SMILES string of the molecule is Cc1ccc(Cn2nc(C)c(/C=C/C(=O)OCc3cccc(F)c3F)c2C)cc1. The molecule has 2 aromatic carbocycles. The van der Waals surface area contributed by atoms with Gasteiger partial charge in [0.25, 0.3) is 0 Å². The Hall–Kier alpha value is -3.28. The van der Waals surface area contributed by atoms with Crippen LogP contribution in [0.5, 0.6) is 0 Å². The first-order chi connectivity index (χ1) is 13.8. The second-order valence-electron chi connectivity index (χ2n) is 6.88. The minimum atomic E-state index is -1.01. The molecule has 29 heavy (non-hydrogen) atoms. The fourth-order valence-electron chi connectivity index (χ4n) is 2.98. The molecule has 0 bridgehead atoms. The molecule has 0 spiro atoms. The molecular weight excluding hydrogens is 374 g/mol. The van der Waals surface area contributed by atoms with Crippen molar-refractivity contribution in [1.29, 1.82) is 0 Å². The summed E-state index contributed by atoms with van der Waals surface area (Å²) in [4.78, 5) is 12.0. The quantitative estimate of drug-likeness (QED) is 0.440. The van der Waals surface area contributed by atoms with E-state index in [4.69, 9.17) is 4.74 Å². The minimum absolute atomic E-state index is 0.00923. The molecule has 0 atom stereocenters. The Morgan fingerprint density at radius 1 is 1.10 bits per heavy atom. The lowest BCUT2D eigenvalue weighted by Gasteiger charge is -2.05. The van der Waals surface area contributed by atoms with Crippen LogP contribution in [-0.4, -0.2) is 15.7 Å². The highest BCUT2D eigenvalue weighted by Crippen LogP contribution is 2.17. The van der Waals surface area contributed by atoms with Crippen molar-refractivity contribution in [3.8, 4) is 0 Å². The van der Waals surface area contributed by atoms with E-state index in [1.54, 1.807) is 6.08 Å². The first-order valence-electron chi connectivity index (χ1n) is 9.22. The number of aromatic nitrogens is 2. The van der Waals surface area contributed by atoms with Crippen LogP contribution in [0.1, 0.15) is 33.6 Å². The summed E-state index contributed by atoms with van der Waals surface area (Å²) in [7, 11) is 0. The fourth-order valence-corrected chi connectivity index (χ4v) is 2.98. The zero-order chi connectivity index (χ0) is 21.0. The third kappa shape index (κ3) is 4.96. The molecule has 0 saturated carbocycles. The molecule has 0 N–H and O–H groups in total. The average Bonchev–Trinajstić information content (AvgIpc) is 2.96. The van der Waals surface area contributed by atoms with Crippen LogP contribution in [0.25, 0.3) is 6.08 Å². The van der Waals surface area contributed by atoms with Gasteiger partial charge in [-0.2, -0.15) is 5.10 Å². The molecule has 0 amide bonds. The summed E-state index contributed by atoms with van der Waals surface area (Å²) < 4.78 is 33.7. The van der Waals surface area contributed by atoms with Gasteiger partial charge in [0.2, 0.25) is 0 Å². The van der Waals surface area contributed by atoms with Crippen LogP contribution in [0.3, 0.4) is 0 Å². The molecule has 1 aromatic heterocycles. The molecule has 150 valence electrons. The third-order valence-electron chi connectivity index (χ3n) is 4.68. The van der Waals surface area contributed by atoms with Crippen molar-refractivity contribution in [2.45, 2.75) is 33.9 Å². The second-order valence-corrected chi connectivity index (χ2v) is 6.88. The first-order valence-corrected chi connectivity index (χ1v) is 9.22. The summed E-state index contributed by atoms with van der Waals surface area (Å²) in [6, 6.07) is 12.0. The number of ether oxygens (including phenoxy) is 1. The highest BCUT2D eigenvalue weighted by Gasteiger charge is 2.12. The van der Waals surface area contributed by atoms with E-state index in [1.807, 2.05) is 25.5 Å². The maximum atomic E-state index is 13.6. The third-order valence-corrected chi connectivity index (χ3v) is 4.68. The van der Waals surface area contributed by atoms with Gasteiger partial charge in [0.05, 0.1) is 12.2 Å². The Balaban J connectivity index is 1.66. The normalized spacial score (nSPS) is 11.2. The number of halogens is 2. The summed E-state index contributed by atoms with van der Waals surface area (Å²) in [6.07, 6.45) is 2.90. The van der Waals surface area contributed by atoms with Gasteiger partial charge in [-0.3, -0.25) is 4.68 Å². The Morgan fingerprint density at radius 3 is 2.55 bits per heavy atom. The van der Waals surface area contributed by atoms with Crippen molar-refractivity contribution in [1.82, 2.24) is 9.78 Å². The summed E-state index contributed by atoms with van der Waals surface area (Å²) in [5.41, 5.74) is 4.85.